The molecular formula is C54H63N4O2+. The van der Waals surface area contributed by atoms with Crippen LogP contribution < -0.4 is 19.3 Å². The molecule has 60 heavy (non-hydrogen) atoms. The molecule has 0 bridgehead atoms. The van der Waals surface area contributed by atoms with Crippen LogP contribution in [-0.4, -0.2) is 55.7 Å². The molecule has 0 aromatic heterocycles. The summed E-state index contributed by atoms with van der Waals surface area (Å²) in [5.41, 5.74) is 14.7. The Bertz CT molecular complexity index is 2530. The number of benzene rings is 3. The molecule has 1 spiro atoms. The predicted octanol–water partition coefficient (Wildman–Crippen LogP) is 12.2. The molecule has 6 nitrogen and oxygen atoms in total. The van der Waals surface area contributed by atoms with Crippen LogP contribution in [0.1, 0.15) is 84.4 Å². The maximum atomic E-state index is 7.20. The normalized spacial score (nSPS) is 25.6. The first-order chi connectivity index (χ1) is 28.6. The third-order valence-corrected chi connectivity index (χ3v) is 14.3. The Morgan fingerprint density at radius 2 is 1.47 bits per heavy atom. The molecule has 1 atom stereocenters. The first-order valence-corrected chi connectivity index (χ1v) is 21.6. The van der Waals surface area contributed by atoms with E-state index in [-0.39, 0.29) is 16.2 Å². The van der Waals surface area contributed by atoms with Crippen LogP contribution >= 0.6 is 0 Å². The second-order valence-electron chi connectivity index (χ2n) is 18.4. The summed E-state index contributed by atoms with van der Waals surface area (Å²) in [5, 5.41) is 0. The van der Waals surface area contributed by atoms with Crippen LogP contribution in [0.25, 0.3) is 6.08 Å². The highest BCUT2D eigenvalue weighted by Gasteiger charge is 2.58. The largest absolute Gasteiger partial charge is 0.497 e. The van der Waals surface area contributed by atoms with E-state index < -0.39 is 5.72 Å². The van der Waals surface area contributed by atoms with Crippen LogP contribution in [0.5, 0.6) is 11.5 Å². The van der Waals surface area contributed by atoms with Crippen LogP contribution in [0.4, 0.5) is 17.1 Å². The van der Waals surface area contributed by atoms with Crippen molar-refractivity contribution in [3.8, 4) is 11.5 Å². The molecule has 8 rings (SSSR count). The number of hydrogen-bond acceptors (Lipinski definition) is 5. The van der Waals surface area contributed by atoms with Crippen molar-refractivity contribution >= 4 is 28.8 Å². The smallest absolute Gasteiger partial charge is 0.212 e. The number of ether oxygens (including phenoxy) is 2. The van der Waals surface area contributed by atoms with Gasteiger partial charge in [-0.1, -0.05) is 77.3 Å². The maximum absolute atomic E-state index is 7.20. The first kappa shape index (κ1) is 41.0. The van der Waals surface area contributed by atoms with E-state index in [4.69, 9.17) is 9.47 Å². The average molecular weight is 800 g/mol. The Balaban J connectivity index is 1.23. The summed E-state index contributed by atoms with van der Waals surface area (Å²) in [7, 11) is 8.29. The zero-order chi connectivity index (χ0) is 42.9. The van der Waals surface area contributed by atoms with Crippen LogP contribution in [0.15, 0.2) is 150 Å². The second kappa shape index (κ2) is 14.8. The monoisotopic (exact) mass is 799 g/mol. The van der Waals surface area contributed by atoms with Gasteiger partial charge < -0.3 is 24.2 Å². The second-order valence-corrected chi connectivity index (χ2v) is 18.4. The lowest BCUT2D eigenvalue weighted by atomic mass is 9.76. The van der Waals surface area contributed by atoms with Gasteiger partial charge in [-0.25, -0.2) is 0 Å². The van der Waals surface area contributed by atoms with Crippen LogP contribution in [-0.2, 0) is 10.8 Å². The van der Waals surface area contributed by atoms with E-state index in [0.717, 1.165) is 54.3 Å². The van der Waals surface area contributed by atoms with Crippen molar-refractivity contribution < 1.29 is 14.0 Å². The highest BCUT2D eigenvalue weighted by molar-refractivity contribution is 6.10. The molecule has 1 unspecified atom stereocenters. The number of nitrogens with zero attached hydrogens (tertiary/aromatic N) is 4. The predicted molar refractivity (Wildman–Crippen MR) is 252 cm³/mol. The fourth-order valence-electron chi connectivity index (χ4n) is 10.9. The SMILES string of the molecule is C=CC1=C(C=C)C(C)(C)/C(=C\C=C2/CCC/C(=C\C=C3\N(C)c4ccccc4C3(C)C)C2=[N+](C)c2ccc3c(c2)C=CC2(O3)N(CC)c3ccc(OC)cc3C2(C)C)N1C. The molecule has 0 radical (unpaired) electrons. The van der Waals surface area contributed by atoms with Gasteiger partial charge in [-0.05, 0) is 117 Å². The van der Waals surface area contributed by atoms with Crippen molar-refractivity contribution in [3.05, 3.63) is 167 Å². The fraction of sp³-hybridized carbons (Fsp3) is 0.352. The topological polar surface area (TPSA) is 31.2 Å². The lowest BCUT2D eigenvalue weighted by molar-refractivity contribution is -0.404. The lowest BCUT2D eigenvalue weighted by Gasteiger charge is -2.46. The van der Waals surface area contributed by atoms with Crippen molar-refractivity contribution in [1.29, 1.82) is 0 Å². The molecule has 3 aromatic rings. The molecule has 4 aliphatic heterocycles. The molecule has 1 fully saturated rings. The number of methoxy groups -OCH3 is 1. The Morgan fingerprint density at radius 1 is 0.783 bits per heavy atom. The molecule has 0 saturated heterocycles. The molecule has 0 amide bonds. The van der Waals surface area contributed by atoms with E-state index in [1.807, 2.05) is 18.2 Å². The molecule has 5 aliphatic rings. The van der Waals surface area contributed by atoms with E-state index in [1.54, 1.807) is 7.11 Å². The molecule has 0 N–H and O–H groups in total. The minimum atomic E-state index is -0.671. The number of likely N-dealkylation sites (N-methyl/N-ethyl adjacent to an activating group) is 3. The summed E-state index contributed by atoms with van der Waals surface area (Å²) in [5.74, 6) is 1.75. The summed E-state index contributed by atoms with van der Waals surface area (Å²) in [6, 6.07) is 21.9. The summed E-state index contributed by atoms with van der Waals surface area (Å²) < 4.78 is 15.3. The van der Waals surface area contributed by atoms with E-state index in [2.05, 4.69) is 193 Å². The van der Waals surface area contributed by atoms with Crippen LogP contribution in [0.3, 0.4) is 0 Å². The third kappa shape index (κ3) is 6.00. The number of rotatable bonds is 7. The van der Waals surface area contributed by atoms with Crippen molar-refractivity contribution in [2.75, 3.05) is 44.6 Å². The summed E-state index contributed by atoms with van der Waals surface area (Å²) in [4.78, 5) is 7.03. The van der Waals surface area contributed by atoms with Gasteiger partial charge in [-0.2, -0.15) is 4.58 Å². The van der Waals surface area contributed by atoms with Crippen molar-refractivity contribution in [1.82, 2.24) is 4.90 Å². The number of para-hydroxylation sites is 1. The Hall–Kier alpha value is -5.75. The number of allylic oxidation sites excluding steroid dienone is 10. The maximum Gasteiger partial charge on any atom is 0.212 e. The van der Waals surface area contributed by atoms with E-state index >= 15 is 0 Å². The minimum absolute atomic E-state index is 0.111. The van der Waals surface area contributed by atoms with Gasteiger partial charge in [0.25, 0.3) is 0 Å². The average Bonchev–Trinajstić information content (AvgIpc) is 3.64. The van der Waals surface area contributed by atoms with Gasteiger partial charge in [-0.15, -0.1) is 0 Å². The van der Waals surface area contributed by atoms with Gasteiger partial charge in [-0.3, -0.25) is 0 Å². The molecule has 3 aromatic carbocycles. The van der Waals surface area contributed by atoms with Gasteiger partial charge in [0, 0.05) is 88.8 Å². The van der Waals surface area contributed by atoms with Gasteiger partial charge >= 0.3 is 0 Å². The minimum Gasteiger partial charge on any atom is -0.497 e. The molecule has 1 aliphatic carbocycles. The van der Waals surface area contributed by atoms with Crippen LogP contribution in [0, 0.1) is 5.41 Å². The van der Waals surface area contributed by atoms with Gasteiger partial charge in [0.1, 0.15) is 18.5 Å². The zero-order valence-corrected chi connectivity index (χ0v) is 37.7. The van der Waals surface area contributed by atoms with E-state index in [1.165, 1.54) is 56.3 Å². The van der Waals surface area contributed by atoms with E-state index in [9.17, 15) is 0 Å². The van der Waals surface area contributed by atoms with Crippen molar-refractivity contribution in [2.45, 2.75) is 84.3 Å². The van der Waals surface area contributed by atoms with Gasteiger partial charge in [0.2, 0.25) is 17.1 Å². The Morgan fingerprint density at radius 3 is 2.08 bits per heavy atom. The first-order valence-electron chi connectivity index (χ1n) is 21.6. The summed E-state index contributed by atoms with van der Waals surface area (Å²) in [6.07, 6.45) is 21.0. The highest BCUT2D eigenvalue weighted by atomic mass is 16.5. The zero-order valence-electron chi connectivity index (χ0n) is 37.7. The summed E-state index contributed by atoms with van der Waals surface area (Å²) in [6.45, 7) is 25.1. The number of anilines is 2. The Kier molecular flexibility index (Phi) is 10.1. The number of hydrogen-bond donors (Lipinski definition) is 0. The van der Waals surface area contributed by atoms with Crippen molar-refractivity contribution in [3.63, 3.8) is 0 Å². The van der Waals surface area contributed by atoms with Gasteiger partial charge in [0.15, 0.2) is 0 Å². The molecule has 1 saturated carbocycles. The van der Waals surface area contributed by atoms with E-state index in [0.29, 0.717) is 0 Å². The standard InChI is InChI=1S/C54H63N4O2/c1-14-41-44(15-2)56(11)48(51(41,4)5)30-24-36-20-19-21-37(25-31-49-52(6,7)42-22-17-18-23-45(42)57(49)12)50(36)55(10)39-26-29-47-38(34-39)32-33-54(60-47)53(8,9)43-35-40(59-13)27-28-46(43)58(54)16-3/h14-15,17-18,22-35H,1-2,16,19-21H2,3-13H3/q+1. The molecule has 310 valence electrons. The lowest BCUT2D eigenvalue weighted by Crippen LogP contribution is -2.59. The van der Waals surface area contributed by atoms with Gasteiger partial charge in [0.05, 0.1) is 12.5 Å². The Labute approximate surface area is 359 Å². The molecular weight excluding hydrogens is 737 g/mol. The third-order valence-electron chi connectivity index (χ3n) is 14.3. The molecule has 6 heteroatoms. The van der Waals surface area contributed by atoms with Crippen LogP contribution in [0.2, 0.25) is 0 Å². The quantitative estimate of drug-likeness (QED) is 0.222. The summed E-state index contributed by atoms with van der Waals surface area (Å²) >= 11 is 0. The highest BCUT2D eigenvalue weighted by Crippen LogP contribution is 2.56. The molecule has 4 heterocycles. The number of fused-ring (bicyclic) bond motifs is 3. The fourth-order valence-corrected chi connectivity index (χ4v) is 10.9. The van der Waals surface area contributed by atoms with Crippen molar-refractivity contribution in [2.24, 2.45) is 5.41 Å².